The smallest absolute Gasteiger partial charge is 0.472 e. The van der Waals surface area contributed by atoms with E-state index in [0.29, 0.717) is 6.42 Å². The minimum Gasteiger partial charge on any atom is -0.498 e. The van der Waals surface area contributed by atoms with Gasteiger partial charge in [0.05, 0.1) is 19.5 Å². The van der Waals surface area contributed by atoms with Crippen LogP contribution < -0.4 is 5.73 Å². The molecule has 0 aliphatic heterocycles. The first-order chi connectivity index (χ1) is 25.4. The van der Waals surface area contributed by atoms with Crippen LogP contribution in [0.2, 0.25) is 0 Å². The average Bonchev–Trinajstić information content (AvgIpc) is 3.13. The zero-order chi connectivity index (χ0) is 38.1. The number of ether oxygens (including phenoxy) is 2. The van der Waals surface area contributed by atoms with Gasteiger partial charge in [-0.1, -0.05) is 157 Å². The second-order valence-corrected chi connectivity index (χ2v) is 14.3. The maximum absolute atomic E-state index is 12.5. The Kier molecular flexibility index (Phi) is 37.8. The molecule has 0 aromatic rings. The zero-order valence-corrected chi connectivity index (χ0v) is 33.7. The molecular weight excluding hydrogens is 673 g/mol. The highest BCUT2D eigenvalue weighted by Crippen LogP contribution is 2.43. The first-order valence-electron chi connectivity index (χ1n) is 20.1. The molecule has 52 heavy (non-hydrogen) atoms. The third-order valence-electron chi connectivity index (χ3n) is 7.90. The molecular formula is C43H74NO7P. The van der Waals surface area contributed by atoms with Crippen LogP contribution in [0.15, 0.2) is 85.3 Å². The van der Waals surface area contributed by atoms with Crippen LogP contribution in [0.1, 0.15) is 149 Å². The lowest BCUT2D eigenvalue weighted by atomic mass is 10.0. The summed E-state index contributed by atoms with van der Waals surface area (Å²) in [6, 6.07) is 0. The molecule has 9 heteroatoms. The van der Waals surface area contributed by atoms with Crippen molar-refractivity contribution in [1.29, 1.82) is 0 Å². The Morgan fingerprint density at radius 2 is 1.10 bits per heavy atom. The van der Waals surface area contributed by atoms with Gasteiger partial charge in [-0.2, -0.15) is 0 Å². The van der Waals surface area contributed by atoms with Gasteiger partial charge in [-0.05, 0) is 63.9 Å². The van der Waals surface area contributed by atoms with Gasteiger partial charge in [0.2, 0.25) is 0 Å². The lowest BCUT2D eigenvalue weighted by Crippen LogP contribution is -2.27. The van der Waals surface area contributed by atoms with Crippen LogP contribution in [0.5, 0.6) is 0 Å². The molecule has 0 rings (SSSR count). The summed E-state index contributed by atoms with van der Waals surface area (Å²) in [6.45, 7) is 4.02. The molecule has 2 atom stereocenters. The second-order valence-electron chi connectivity index (χ2n) is 12.8. The minimum atomic E-state index is -4.31. The summed E-state index contributed by atoms with van der Waals surface area (Å²) >= 11 is 0. The first kappa shape index (κ1) is 49.5. The second kappa shape index (κ2) is 39.7. The summed E-state index contributed by atoms with van der Waals surface area (Å²) in [4.78, 5) is 22.4. The number of rotatable bonds is 37. The molecule has 298 valence electrons. The lowest BCUT2D eigenvalue weighted by molar-refractivity contribution is -0.153. The van der Waals surface area contributed by atoms with Crippen molar-refractivity contribution in [2.75, 3.05) is 26.4 Å². The van der Waals surface area contributed by atoms with Gasteiger partial charge in [0.15, 0.2) is 6.10 Å². The Bertz CT molecular complexity index is 1060. The summed E-state index contributed by atoms with van der Waals surface area (Å²) in [7, 11) is -4.31. The fraction of sp³-hybridized carbons (Fsp3) is 0.651. The standard InChI is InChI=1S/C43H74NO7P/c1-3-5-7-9-11-13-15-17-19-20-21-22-23-24-26-28-30-32-34-36-43(45)51-42(41-50-52(46,47)49-39-37-44)40-48-38-35-33-31-29-27-25-18-16-14-12-10-8-6-4-2/h5,7,11,13,17,19,21-22,24,26,30,32,35,38,42H,3-4,6,8-10,12,14-16,18,20,23,25,27-29,31,33-34,36-37,39-41,44H2,1-2H3,(H,46,47)/b7-5-,13-11-,19-17-,22-21-,26-24-,32-30-,38-35-/t42-/m1/s1. The van der Waals surface area contributed by atoms with Crippen molar-refractivity contribution in [3.63, 3.8) is 0 Å². The van der Waals surface area contributed by atoms with E-state index in [1.54, 1.807) is 6.26 Å². The molecule has 1 unspecified atom stereocenters. The molecule has 0 saturated carbocycles. The number of esters is 1. The van der Waals surface area contributed by atoms with Gasteiger partial charge < -0.3 is 20.1 Å². The fourth-order valence-electron chi connectivity index (χ4n) is 4.99. The molecule has 0 spiro atoms. The molecule has 3 N–H and O–H groups in total. The molecule has 0 aliphatic rings. The Labute approximate surface area is 318 Å². The van der Waals surface area contributed by atoms with E-state index in [2.05, 4.69) is 74.6 Å². The predicted octanol–water partition coefficient (Wildman–Crippen LogP) is 12.1. The van der Waals surface area contributed by atoms with Crippen molar-refractivity contribution in [2.45, 2.75) is 155 Å². The van der Waals surface area contributed by atoms with Gasteiger partial charge >= 0.3 is 13.8 Å². The van der Waals surface area contributed by atoms with Crippen LogP contribution in [-0.4, -0.2) is 43.3 Å². The first-order valence-corrected chi connectivity index (χ1v) is 21.6. The zero-order valence-electron chi connectivity index (χ0n) is 32.8. The van der Waals surface area contributed by atoms with Crippen LogP contribution in [0.4, 0.5) is 0 Å². The van der Waals surface area contributed by atoms with Crippen LogP contribution in [0, 0.1) is 0 Å². The quantitative estimate of drug-likeness (QED) is 0.0212. The maximum atomic E-state index is 12.5. The summed E-state index contributed by atoms with van der Waals surface area (Å²) in [5, 5.41) is 0. The summed E-state index contributed by atoms with van der Waals surface area (Å²) in [5.74, 6) is -0.437. The van der Waals surface area contributed by atoms with E-state index in [4.69, 9.17) is 24.3 Å². The largest absolute Gasteiger partial charge is 0.498 e. The van der Waals surface area contributed by atoms with Gasteiger partial charge in [0, 0.05) is 13.0 Å². The Balaban J connectivity index is 4.28. The van der Waals surface area contributed by atoms with E-state index in [1.807, 2.05) is 18.2 Å². The van der Waals surface area contributed by atoms with Crippen molar-refractivity contribution >= 4 is 13.8 Å². The van der Waals surface area contributed by atoms with Gasteiger partial charge in [-0.25, -0.2) is 4.57 Å². The number of phosphoric acid groups is 1. The van der Waals surface area contributed by atoms with Crippen molar-refractivity contribution in [3.8, 4) is 0 Å². The monoisotopic (exact) mass is 748 g/mol. The van der Waals surface area contributed by atoms with Gasteiger partial charge in [0.1, 0.15) is 6.61 Å². The van der Waals surface area contributed by atoms with Gasteiger partial charge in [-0.15, -0.1) is 0 Å². The van der Waals surface area contributed by atoms with Crippen molar-refractivity contribution in [1.82, 2.24) is 0 Å². The Morgan fingerprint density at radius 1 is 0.615 bits per heavy atom. The van der Waals surface area contributed by atoms with E-state index in [9.17, 15) is 14.3 Å². The average molecular weight is 748 g/mol. The Hall–Kier alpha value is -2.48. The minimum absolute atomic E-state index is 0.00250. The molecule has 0 radical (unpaired) electrons. The third-order valence-corrected chi connectivity index (χ3v) is 8.89. The van der Waals surface area contributed by atoms with Crippen LogP contribution in [-0.2, 0) is 27.9 Å². The Morgan fingerprint density at radius 3 is 1.60 bits per heavy atom. The molecule has 0 bridgehead atoms. The van der Waals surface area contributed by atoms with E-state index in [1.165, 1.54) is 70.6 Å². The molecule has 0 amide bonds. The van der Waals surface area contributed by atoms with E-state index < -0.39 is 19.9 Å². The molecule has 0 aromatic carbocycles. The summed E-state index contributed by atoms with van der Waals surface area (Å²) < 4.78 is 33.0. The number of nitrogens with two attached hydrogens (primary N) is 1. The number of carbonyl (C=O) groups excluding carboxylic acids is 1. The lowest BCUT2D eigenvalue weighted by Gasteiger charge is -2.19. The molecule has 0 saturated heterocycles. The SMILES string of the molecule is CC/C=C\C/C=C\C/C=C\C/C=C\C/C=C\C/C=C\CCC(=O)O[C@H](CO/C=C\CCCCCCCCCCCCCC)COP(=O)(O)OCCN. The highest BCUT2D eigenvalue weighted by Gasteiger charge is 2.25. The number of allylic oxidation sites excluding steroid dienone is 13. The van der Waals surface area contributed by atoms with Gasteiger partial charge in [0.25, 0.3) is 0 Å². The normalized spacial score (nSPS) is 14.4. The number of hydrogen-bond acceptors (Lipinski definition) is 7. The third kappa shape index (κ3) is 38.7. The molecule has 0 fully saturated rings. The summed E-state index contributed by atoms with van der Waals surface area (Å²) in [6.07, 6.45) is 51.3. The van der Waals surface area contributed by atoms with Crippen LogP contribution >= 0.6 is 7.82 Å². The maximum Gasteiger partial charge on any atom is 0.472 e. The predicted molar refractivity (Wildman–Crippen MR) is 219 cm³/mol. The van der Waals surface area contributed by atoms with Crippen molar-refractivity contribution in [3.05, 3.63) is 85.3 Å². The van der Waals surface area contributed by atoms with Crippen molar-refractivity contribution < 1.29 is 32.8 Å². The topological polar surface area (TPSA) is 117 Å². The summed E-state index contributed by atoms with van der Waals surface area (Å²) in [5.41, 5.74) is 5.35. The number of unbranched alkanes of at least 4 members (excludes halogenated alkanes) is 12. The molecule has 0 heterocycles. The van der Waals surface area contributed by atoms with Crippen molar-refractivity contribution in [2.24, 2.45) is 5.73 Å². The highest BCUT2D eigenvalue weighted by molar-refractivity contribution is 7.47. The van der Waals surface area contributed by atoms with E-state index in [0.717, 1.165) is 51.4 Å². The van der Waals surface area contributed by atoms with Gasteiger partial charge in [-0.3, -0.25) is 13.8 Å². The highest BCUT2D eigenvalue weighted by atomic mass is 31.2. The molecule has 0 aliphatic carbocycles. The molecule has 0 aromatic heterocycles. The van der Waals surface area contributed by atoms with E-state index in [-0.39, 0.29) is 32.8 Å². The van der Waals surface area contributed by atoms with Crippen LogP contribution in [0.3, 0.4) is 0 Å². The van der Waals surface area contributed by atoms with Crippen LogP contribution in [0.25, 0.3) is 0 Å². The fourth-order valence-corrected chi connectivity index (χ4v) is 5.75. The number of hydrogen-bond donors (Lipinski definition) is 2. The number of carbonyl (C=O) groups is 1. The van der Waals surface area contributed by atoms with E-state index >= 15 is 0 Å². The number of phosphoric ester groups is 1. The molecule has 8 nitrogen and oxygen atoms in total.